The molecule has 3 heteroatoms. The van der Waals surface area contributed by atoms with Crippen molar-refractivity contribution >= 4 is 18.4 Å². The molecule has 0 radical (unpaired) electrons. The molecule has 1 unspecified atom stereocenters. The van der Waals surface area contributed by atoms with Crippen LogP contribution in [0.4, 0.5) is 0 Å². The standard InChI is InChI=1S/C45H44O2Si/c1-35-36(28-18-32-46-33-41-34-47-41)27-17-31-43(35)48(42-29-15-6-16-30-42,44(37-19-7-2-8-20-37)38-21-9-3-10-22-38)45(39-23-11-4-12-24-39)40-25-13-5-14-26-40/h2-17,19-27,29-31,41,44-45H,18,28,32-34H2,1H3. The summed E-state index contributed by atoms with van der Waals surface area (Å²) in [5.41, 5.74) is 8.51. The van der Waals surface area contributed by atoms with Crippen LogP contribution in [0.2, 0.25) is 0 Å². The molecule has 0 bridgehead atoms. The lowest BCUT2D eigenvalue weighted by atomic mass is 10.0. The Bertz CT molecular complexity index is 1690. The molecule has 6 aromatic rings. The summed E-state index contributed by atoms with van der Waals surface area (Å²) in [7, 11) is -2.95. The second kappa shape index (κ2) is 15.1. The van der Waals surface area contributed by atoms with Crippen molar-refractivity contribution in [1.29, 1.82) is 0 Å². The molecule has 0 aliphatic carbocycles. The van der Waals surface area contributed by atoms with Crippen LogP contribution in [0.15, 0.2) is 170 Å². The summed E-state index contributed by atoms with van der Waals surface area (Å²) in [6.45, 7) is 4.67. The second-order valence-electron chi connectivity index (χ2n) is 13.0. The molecular weight excluding hydrogens is 601 g/mol. The average molecular weight is 645 g/mol. The van der Waals surface area contributed by atoms with Gasteiger partial charge in [0.2, 0.25) is 0 Å². The number of epoxide rings is 1. The first-order valence-electron chi connectivity index (χ1n) is 17.3. The normalized spacial score (nSPS) is 14.4. The highest BCUT2D eigenvalue weighted by Gasteiger charge is 2.53. The summed E-state index contributed by atoms with van der Waals surface area (Å²) in [6.07, 6.45) is 2.26. The van der Waals surface area contributed by atoms with Gasteiger partial charge in [-0.1, -0.05) is 175 Å². The number of benzene rings is 6. The van der Waals surface area contributed by atoms with E-state index < -0.39 is 8.07 Å². The van der Waals surface area contributed by atoms with E-state index in [1.807, 2.05) is 0 Å². The van der Waals surface area contributed by atoms with E-state index in [4.69, 9.17) is 9.47 Å². The Hall–Kier alpha value is -4.54. The lowest BCUT2D eigenvalue weighted by molar-refractivity contribution is 0.114. The van der Waals surface area contributed by atoms with Crippen LogP contribution in [-0.2, 0) is 15.9 Å². The molecule has 1 atom stereocenters. The molecule has 0 saturated carbocycles. The minimum atomic E-state index is -2.95. The van der Waals surface area contributed by atoms with Crippen LogP contribution in [-0.4, -0.2) is 34.0 Å². The summed E-state index contributed by atoms with van der Waals surface area (Å²) in [4.78, 5) is 0. The number of hydrogen-bond donors (Lipinski definition) is 0. The minimum absolute atomic E-state index is 0.128. The average Bonchev–Trinajstić information content (AvgIpc) is 3.99. The van der Waals surface area contributed by atoms with Crippen LogP contribution < -0.4 is 10.4 Å². The van der Waals surface area contributed by atoms with Gasteiger partial charge in [-0.3, -0.25) is 0 Å². The summed E-state index contributed by atoms with van der Waals surface area (Å²) in [5, 5.41) is 2.93. The van der Waals surface area contributed by atoms with Crippen LogP contribution in [0.5, 0.6) is 0 Å². The van der Waals surface area contributed by atoms with E-state index in [-0.39, 0.29) is 11.1 Å². The molecular formula is C45H44O2Si. The molecule has 48 heavy (non-hydrogen) atoms. The zero-order chi connectivity index (χ0) is 32.6. The van der Waals surface area contributed by atoms with Gasteiger partial charge in [-0.15, -0.1) is 0 Å². The van der Waals surface area contributed by atoms with Crippen LogP contribution >= 0.6 is 0 Å². The van der Waals surface area contributed by atoms with Crippen molar-refractivity contribution in [2.75, 3.05) is 19.8 Å². The first-order chi connectivity index (χ1) is 23.8. The highest BCUT2D eigenvalue weighted by Crippen LogP contribution is 2.45. The Morgan fingerprint density at radius 2 is 1.02 bits per heavy atom. The van der Waals surface area contributed by atoms with Crippen molar-refractivity contribution in [3.05, 3.63) is 203 Å². The van der Waals surface area contributed by atoms with E-state index in [2.05, 4.69) is 177 Å². The van der Waals surface area contributed by atoms with Gasteiger partial charge in [0.05, 0.1) is 13.2 Å². The van der Waals surface area contributed by atoms with Crippen LogP contribution in [0.1, 0.15) is 50.9 Å². The van der Waals surface area contributed by atoms with Gasteiger partial charge in [0, 0.05) is 17.7 Å². The number of hydrogen-bond acceptors (Lipinski definition) is 2. The molecule has 1 aliphatic rings. The Morgan fingerprint density at radius 1 is 0.583 bits per heavy atom. The first kappa shape index (κ1) is 32.0. The lowest BCUT2D eigenvalue weighted by Crippen LogP contribution is -2.68. The van der Waals surface area contributed by atoms with E-state index in [1.165, 1.54) is 43.8 Å². The lowest BCUT2D eigenvalue weighted by Gasteiger charge is -2.48. The zero-order valence-electron chi connectivity index (χ0n) is 27.7. The third-order valence-corrected chi connectivity index (χ3v) is 15.9. The highest BCUT2D eigenvalue weighted by molar-refractivity contribution is 7.05. The predicted molar refractivity (Wildman–Crippen MR) is 201 cm³/mol. The maximum atomic E-state index is 5.98. The molecule has 1 heterocycles. The molecule has 1 fully saturated rings. The van der Waals surface area contributed by atoms with Crippen molar-refractivity contribution < 1.29 is 9.47 Å². The van der Waals surface area contributed by atoms with Crippen molar-refractivity contribution in [3.8, 4) is 0 Å². The Balaban J connectivity index is 1.54. The quantitative estimate of drug-likeness (QED) is 0.0673. The molecule has 1 saturated heterocycles. The molecule has 0 aromatic heterocycles. The van der Waals surface area contributed by atoms with E-state index in [0.29, 0.717) is 12.7 Å². The Morgan fingerprint density at radius 3 is 1.46 bits per heavy atom. The largest absolute Gasteiger partial charge is 0.379 e. The van der Waals surface area contributed by atoms with Crippen molar-refractivity contribution in [2.45, 2.75) is 37.0 Å². The minimum Gasteiger partial charge on any atom is -0.379 e. The van der Waals surface area contributed by atoms with Crippen LogP contribution in [0, 0.1) is 6.92 Å². The molecule has 0 spiro atoms. The van der Waals surface area contributed by atoms with Crippen LogP contribution in [0.3, 0.4) is 0 Å². The van der Waals surface area contributed by atoms with Gasteiger partial charge in [0.25, 0.3) is 0 Å². The fraction of sp³-hybridized carbons (Fsp3) is 0.200. The Labute approximate surface area is 287 Å². The number of rotatable bonds is 14. The van der Waals surface area contributed by atoms with Crippen molar-refractivity contribution in [1.82, 2.24) is 0 Å². The van der Waals surface area contributed by atoms with E-state index >= 15 is 0 Å². The molecule has 6 aromatic carbocycles. The van der Waals surface area contributed by atoms with Gasteiger partial charge in [-0.25, -0.2) is 0 Å². The SMILES string of the molecule is Cc1c(CCCOCC2CO2)cccc1[Si](c1ccccc1)(C(c1ccccc1)c1ccccc1)C(c1ccccc1)c1ccccc1. The van der Waals surface area contributed by atoms with E-state index in [9.17, 15) is 0 Å². The second-order valence-corrected chi connectivity index (χ2v) is 17.0. The number of ether oxygens (including phenoxy) is 2. The molecule has 0 N–H and O–H groups in total. The smallest absolute Gasteiger partial charge is 0.141 e. The monoisotopic (exact) mass is 644 g/mol. The van der Waals surface area contributed by atoms with Crippen molar-refractivity contribution in [3.63, 3.8) is 0 Å². The van der Waals surface area contributed by atoms with Crippen LogP contribution in [0.25, 0.3) is 0 Å². The summed E-state index contributed by atoms with van der Waals surface area (Å²) in [5.74, 6) is 0. The maximum absolute atomic E-state index is 5.98. The molecule has 0 amide bonds. The van der Waals surface area contributed by atoms with Gasteiger partial charge in [-0.2, -0.15) is 0 Å². The molecule has 1 aliphatic heterocycles. The summed E-state index contributed by atoms with van der Waals surface area (Å²) in [6, 6.07) is 63.8. The van der Waals surface area contributed by atoms with Gasteiger partial charge in [0.1, 0.15) is 14.2 Å². The number of aryl methyl sites for hydroxylation is 1. The topological polar surface area (TPSA) is 21.8 Å². The molecule has 240 valence electrons. The fourth-order valence-electron chi connectivity index (χ4n) is 7.85. The van der Waals surface area contributed by atoms with Gasteiger partial charge < -0.3 is 9.47 Å². The predicted octanol–water partition coefficient (Wildman–Crippen LogP) is 8.65. The zero-order valence-corrected chi connectivity index (χ0v) is 28.7. The van der Waals surface area contributed by atoms with Crippen molar-refractivity contribution in [2.24, 2.45) is 0 Å². The van der Waals surface area contributed by atoms with Gasteiger partial charge in [-0.05, 0) is 58.3 Å². The first-order valence-corrected chi connectivity index (χ1v) is 19.5. The maximum Gasteiger partial charge on any atom is 0.141 e. The molecule has 2 nitrogen and oxygen atoms in total. The van der Waals surface area contributed by atoms with Gasteiger partial charge in [0.15, 0.2) is 0 Å². The fourth-order valence-corrected chi connectivity index (χ4v) is 14.5. The van der Waals surface area contributed by atoms with Gasteiger partial charge >= 0.3 is 0 Å². The third kappa shape index (κ3) is 6.72. The highest BCUT2D eigenvalue weighted by atomic mass is 28.3. The third-order valence-electron chi connectivity index (χ3n) is 10.0. The Kier molecular flexibility index (Phi) is 10.1. The molecule has 7 rings (SSSR count). The van der Waals surface area contributed by atoms with E-state index in [0.717, 1.165) is 26.1 Å². The summed E-state index contributed by atoms with van der Waals surface area (Å²) < 4.78 is 11.3. The van der Waals surface area contributed by atoms with E-state index in [1.54, 1.807) is 0 Å². The summed E-state index contributed by atoms with van der Waals surface area (Å²) >= 11 is 0.